The molecule has 0 spiro atoms. The lowest BCUT2D eigenvalue weighted by atomic mass is 9.93. The van der Waals surface area contributed by atoms with Gasteiger partial charge in [0, 0.05) is 26.3 Å². The zero-order valence-corrected chi connectivity index (χ0v) is 12.6. The molecule has 0 aromatic heterocycles. The molecular weight excluding hydrogens is 276 g/mol. The van der Waals surface area contributed by atoms with Gasteiger partial charge in [-0.3, -0.25) is 4.79 Å². The predicted octanol–water partition coefficient (Wildman–Crippen LogP) is 0.543. The molecule has 0 saturated carbocycles. The lowest BCUT2D eigenvalue weighted by Crippen LogP contribution is -2.51. The summed E-state index contributed by atoms with van der Waals surface area (Å²) in [4.78, 5) is 24.9. The second kappa shape index (κ2) is 7.09. The molecule has 2 amide bonds. The van der Waals surface area contributed by atoms with Crippen LogP contribution in [0.25, 0.3) is 0 Å². The van der Waals surface area contributed by atoms with Crippen molar-refractivity contribution in [2.24, 2.45) is 11.8 Å². The smallest absolute Gasteiger partial charge is 0.317 e. The van der Waals surface area contributed by atoms with Gasteiger partial charge in [0.15, 0.2) is 0 Å². The minimum atomic E-state index is -0.922. The Labute approximate surface area is 124 Å². The Morgan fingerprint density at radius 1 is 1.24 bits per heavy atom. The van der Waals surface area contributed by atoms with E-state index < -0.39 is 17.9 Å². The molecule has 120 valence electrons. The number of nitrogens with one attached hydrogen (secondary N) is 1. The Kier molecular flexibility index (Phi) is 5.41. The van der Waals surface area contributed by atoms with E-state index in [9.17, 15) is 9.59 Å². The number of carboxylic acids is 1. The summed E-state index contributed by atoms with van der Waals surface area (Å²) in [6, 6.07) is -0.602. The van der Waals surface area contributed by atoms with Crippen LogP contribution in [0.15, 0.2) is 0 Å². The monoisotopic (exact) mass is 300 g/mol. The first kappa shape index (κ1) is 16.0. The zero-order valence-electron chi connectivity index (χ0n) is 12.6. The van der Waals surface area contributed by atoms with Gasteiger partial charge >= 0.3 is 12.0 Å². The number of amides is 2. The molecular formula is C14H24N2O5. The highest BCUT2D eigenvalue weighted by atomic mass is 16.5. The van der Waals surface area contributed by atoms with Gasteiger partial charge in [-0.05, 0) is 25.7 Å². The first-order valence-corrected chi connectivity index (χ1v) is 7.42. The number of ether oxygens (including phenoxy) is 2. The van der Waals surface area contributed by atoms with Crippen LogP contribution in [-0.2, 0) is 14.3 Å². The zero-order chi connectivity index (χ0) is 15.4. The van der Waals surface area contributed by atoms with E-state index in [4.69, 9.17) is 14.6 Å². The third-order valence-electron chi connectivity index (χ3n) is 4.51. The average Bonchev–Trinajstić information content (AvgIpc) is 2.96. The number of nitrogens with zero attached hydrogens (tertiary/aromatic N) is 1. The van der Waals surface area contributed by atoms with E-state index >= 15 is 0 Å². The van der Waals surface area contributed by atoms with Gasteiger partial charge in [-0.2, -0.15) is 0 Å². The summed E-state index contributed by atoms with van der Waals surface area (Å²) in [5, 5.41) is 12.1. The summed E-state index contributed by atoms with van der Waals surface area (Å²) in [6.07, 6.45) is 1.88. The summed E-state index contributed by atoms with van der Waals surface area (Å²) in [6.45, 7) is 3.89. The number of urea groups is 1. The van der Waals surface area contributed by atoms with Gasteiger partial charge in [0.2, 0.25) is 0 Å². The number of aliphatic carboxylic acids is 1. The average molecular weight is 300 g/mol. The van der Waals surface area contributed by atoms with E-state index in [1.54, 1.807) is 7.05 Å². The minimum Gasteiger partial charge on any atom is -0.481 e. The van der Waals surface area contributed by atoms with E-state index in [1.807, 2.05) is 6.92 Å². The van der Waals surface area contributed by atoms with Crippen LogP contribution in [0.4, 0.5) is 4.79 Å². The Balaban J connectivity index is 1.88. The third-order valence-corrected chi connectivity index (χ3v) is 4.51. The van der Waals surface area contributed by atoms with Crippen LogP contribution in [0, 0.1) is 11.8 Å². The maximum atomic E-state index is 12.3. The summed E-state index contributed by atoms with van der Waals surface area (Å²) in [7, 11) is 1.63. The van der Waals surface area contributed by atoms with E-state index in [0.29, 0.717) is 5.92 Å². The maximum Gasteiger partial charge on any atom is 0.317 e. The molecule has 0 aromatic carbocycles. The second-order valence-electron chi connectivity index (χ2n) is 5.85. The molecule has 2 aliphatic rings. The summed E-state index contributed by atoms with van der Waals surface area (Å²) < 4.78 is 10.5. The van der Waals surface area contributed by atoms with Gasteiger partial charge in [-0.25, -0.2) is 4.79 Å². The molecule has 7 nitrogen and oxygen atoms in total. The molecule has 0 radical (unpaired) electrons. The standard InChI is InChI=1S/C14H24N2O5/c1-9(10-3-5-20-6-4-10)15-14(19)16(2)12-8-21-7-11(12)13(17)18/h9-12H,3-8H2,1-2H3,(H,15,19)(H,17,18). The summed E-state index contributed by atoms with van der Waals surface area (Å²) in [5.74, 6) is -1.17. The molecule has 2 saturated heterocycles. The van der Waals surface area contributed by atoms with E-state index in [0.717, 1.165) is 26.1 Å². The van der Waals surface area contributed by atoms with E-state index in [1.165, 1.54) is 4.90 Å². The van der Waals surface area contributed by atoms with Crippen molar-refractivity contribution in [1.29, 1.82) is 0 Å². The van der Waals surface area contributed by atoms with Gasteiger partial charge in [-0.15, -0.1) is 0 Å². The van der Waals surface area contributed by atoms with Crippen molar-refractivity contribution in [3.05, 3.63) is 0 Å². The fraction of sp³-hybridized carbons (Fsp3) is 0.857. The molecule has 3 unspecified atom stereocenters. The van der Waals surface area contributed by atoms with Crippen LogP contribution >= 0.6 is 0 Å². The Morgan fingerprint density at radius 2 is 1.90 bits per heavy atom. The van der Waals surface area contributed by atoms with Crippen LogP contribution in [0.5, 0.6) is 0 Å². The Hall–Kier alpha value is -1.34. The number of likely N-dealkylation sites (N-methyl/N-ethyl adjacent to an activating group) is 1. The van der Waals surface area contributed by atoms with E-state index in [2.05, 4.69) is 5.32 Å². The first-order valence-electron chi connectivity index (χ1n) is 7.42. The molecule has 2 N–H and O–H groups in total. The number of hydrogen-bond acceptors (Lipinski definition) is 4. The van der Waals surface area contributed by atoms with Gasteiger partial charge < -0.3 is 24.8 Å². The highest BCUT2D eigenvalue weighted by Gasteiger charge is 2.39. The number of carboxylic acid groups (broad SMARTS) is 1. The molecule has 0 aliphatic carbocycles. The Morgan fingerprint density at radius 3 is 2.52 bits per heavy atom. The number of rotatable bonds is 4. The molecule has 2 fully saturated rings. The SMILES string of the molecule is CC(NC(=O)N(C)C1COCC1C(=O)O)C1CCOCC1. The highest BCUT2D eigenvalue weighted by Crippen LogP contribution is 2.21. The molecule has 0 bridgehead atoms. The maximum absolute atomic E-state index is 12.3. The van der Waals surface area contributed by atoms with Crippen LogP contribution in [0.3, 0.4) is 0 Å². The number of carbonyl (C=O) groups excluding carboxylic acids is 1. The quantitative estimate of drug-likeness (QED) is 0.791. The van der Waals surface area contributed by atoms with Crippen LogP contribution < -0.4 is 5.32 Å². The molecule has 7 heteroatoms. The fourth-order valence-electron chi connectivity index (χ4n) is 2.94. The van der Waals surface area contributed by atoms with Gasteiger partial charge in [-0.1, -0.05) is 0 Å². The minimum absolute atomic E-state index is 0.0504. The van der Waals surface area contributed by atoms with E-state index in [-0.39, 0.29) is 25.3 Å². The van der Waals surface area contributed by atoms with Crippen molar-refractivity contribution >= 4 is 12.0 Å². The molecule has 2 rings (SSSR count). The number of carbonyl (C=O) groups is 2. The van der Waals surface area contributed by atoms with Crippen molar-refractivity contribution in [3.8, 4) is 0 Å². The molecule has 0 aromatic rings. The third kappa shape index (κ3) is 3.85. The molecule has 3 atom stereocenters. The first-order chi connectivity index (χ1) is 10.0. The van der Waals surface area contributed by atoms with Crippen molar-refractivity contribution in [1.82, 2.24) is 10.2 Å². The van der Waals surface area contributed by atoms with Crippen LogP contribution in [0.2, 0.25) is 0 Å². The van der Waals surface area contributed by atoms with Crippen molar-refractivity contribution in [2.45, 2.75) is 31.8 Å². The molecule has 2 heterocycles. The lowest BCUT2D eigenvalue weighted by molar-refractivity contribution is -0.142. The van der Waals surface area contributed by atoms with Gasteiger partial charge in [0.05, 0.1) is 19.3 Å². The lowest BCUT2D eigenvalue weighted by Gasteiger charge is -2.32. The summed E-state index contributed by atoms with van der Waals surface area (Å²) >= 11 is 0. The second-order valence-corrected chi connectivity index (χ2v) is 5.85. The number of hydrogen-bond donors (Lipinski definition) is 2. The van der Waals surface area contributed by atoms with Gasteiger partial charge in [0.1, 0.15) is 5.92 Å². The normalized spacial score (nSPS) is 28.1. The van der Waals surface area contributed by atoms with Crippen LogP contribution in [0.1, 0.15) is 19.8 Å². The Bertz CT molecular complexity index is 384. The van der Waals surface area contributed by atoms with Gasteiger partial charge in [0.25, 0.3) is 0 Å². The fourth-order valence-corrected chi connectivity index (χ4v) is 2.94. The summed E-state index contributed by atoms with van der Waals surface area (Å²) in [5.41, 5.74) is 0. The van der Waals surface area contributed by atoms with Crippen molar-refractivity contribution in [2.75, 3.05) is 33.5 Å². The topological polar surface area (TPSA) is 88.1 Å². The van der Waals surface area contributed by atoms with Crippen molar-refractivity contribution < 1.29 is 24.2 Å². The largest absolute Gasteiger partial charge is 0.481 e. The molecule has 21 heavy (non-hydrogen) atoms. The molecule has 2 aliphatic heterocycles. The predicted molar refractivity (Wildman–Crippen MR) is 75.0 cm³/mol. The van der Waals surface area contributed by atoms with Crippen molar-refractivity contribution in [3.63, 3.8) is 0 Å². The highest BCUT2D eigenvalue weighted by molar-refractivity contribution is 5.77. The van der Waals surface area contributed by atoms with Crippen LogP contribution in [-0.4, -0.2) is 67.6 Å².